The van der Waals surface area contributed by atoms with Crippen molar-refractivity contribution >= 4 is 22.8 Å². The molecule has 0 bridgehead atoms. The fraction of sp³-hybridized carbons (Fsp3) is 0.312. The lowest BCUT2D eigenvalue weighted by atomic mass is 10.3. The number of ether oxygens (including phenoxy) is 1. The summed E-state index contributed by atoms with van der Waals surface area (Å²) in [5, 5.41) is 0.994. The van der Waals surface area contributed by atoms with Crippen LogP contribution in [-0.4, -0.2) is 33.2 Å². The van der Waals surface area contributed by atoms with Crippen LogP contribution in [0.1, 0.15) is 12.6 Å². The van der Waals surface area contributed by atoms with E-state index in [1.54, 1.807) is 7.11 Å². The molecule has 0 saturated heterocycles. The molecule has 5 nitrogen and oxygen atoms in total. The molecular formula is C16H17FN4OS. The van der Waals surface area contributed by atoms with Crippen LogP contribution in [0.4, 0.5) is 4.39 Å². The number of benzene rings is 1. The number of nitrogens with zero attached hydrogens (tertiary/aromatic N) is 4. The number of aryl methyl sites for hydroxylation is 1. The van der Waals surface area contributed by atoms with E-state index in [1.165, 1.54) is 18.1 Å². The molecule has 7 heteroatoms. The van der Waals surface area contributed by atoms with Gasteiger partial charge in [-0.25, -0.2) is 19.3 Å². The molecule has 0 N–H and O–H groups in total. The predicted molar refractivity (Wildman–Crippen MR) is 87.1 cm³/mol. The molecule has 3 rings (SSSR count). The Morgan fingerprint density at radius 2 is 2.09 bits per heavy atom. The molecule has 0 atom stereocenters. The molecular weight excluding hydrogens is 315 g/mol. The summed E-state index contributed by atoms with van der Waals surface area (Å²) in [7, 11) is 1.66. The largest absolute Gasteiger partial charge is 0.383 e. The lowest BCUT2D eigenvalue weighted by Crippen LogP contribution is -2.06. The standard InChI is InChI=1S/C16H17FN4OS/c1-3-11-14(17)15(19-10-18-11)23-16-20-12-6-4-5-7-13(12)21(16)8-9-22-2/h4-7,10H,3,8-9H2,1-2H3. The summed E-state index contributed by atoms with van der Waals surface area (Å²) in [4.78, 5) is 12.6. The van der Waals surface area contributed by atoms with Gasteiger partial charge in [0, 0.05) is 13.7 Å². The quantitative estimate of drug-likeness (QED) is 0.648. The van der Waals surface area contributed by atoms with Gasteiger partial charge in [0.05, 0.1) is 23.3 Å². The Hall–Kier alpha value is -1.99. The molecule has 0 aliphatic rings. The van der Waals surface area contributed by atoms with Crippen LogP contribution in [0.15, 0.2) is 40.8 Å². The highest BCUT2D eigenvalue weighted by atomic mass is 32.2. The fourth-order valence-electron chi connectivity index (χ4n) is 2.32. The smallest absolute Gasteiger partial charge is 0.177 e. The highest BCUT2D eigenvalue weighted by molar-refractivity contribution is 7.99. The first kappa shape index (κ1) is 15.9. The molecule has 0 radical (unpaired) electrons. The number of para-hydroxylation sites is 2. The number of fused-ring (bicyclic) bond motifs is 1. The van der Waals surface area contributed by atoms with Gasteiger partial charge in [-0.3, -0.25) is 0 Å². The van der Waals surface area contributed by atoms with Crippen LogP contribution >= 0.6 is 11.8 Å². The number of methoxy groups -OCH3 is 1. The van der Waals surface area contributed by atoms with Crippen molar-refractivity contribution in [1.82, 2.24) is 19.5 Å². The van der Waals surface area contributed by atoms with Gasteiger partial charge in [0.1, 0.15) is 11.4 Å². The van der Waals surface area contributed by atoms with Gasteiger partial charge >= 0.3 is 0 Å². The fourth-order valence-corrected chi connectivity index (χ4v) is 3.25. The van der Waals surface area contributed by atoms with Crippen molar-refractivity contribution in [2.75, 3.05) is 13.7 Å². The predicted octanol–water partition coefficient (Wildman–Crippen LogP) is 3.33. The van der Waals surface area contributed by atoms with Gasteiger partial charge in [-0.15, -0.1) is 0 Å². The minimum atomic E-state index is -0.370. The van der Waals surface area contributed by atoms with E-state index >= 15 is 0 Å². The van der Waals surface area contributed by atoms with Gasteiger partial charge in [0.2, 0.25) is 0 Å². The number of aromatic nitrogens is 4. The second-order valence-electron chi connectivity index (χ2n) is 4.92. The number of imidazole rings is 1. The molecule has 0 unspecified atom stereocenters. The van der Waals surface area contributed by atoms with Crippen molar-refractivity contribution in [3.05, 3.63) is 42.1 Å². The zero-order valence-corrected chi connectivity index (χ0v) is 13.8. The topological polar surface area (TPSA) is 52.8 Å². The minimum Gasteiger partial charge on any atom is -0.383 e. The molecule has 2 heterocycles. The summed E-state index contributed by atoms with van der Waals surface area (Å²) in [5.41, 5.74) is 2.29. The Morgan fingerprint density at radius 1 is 1.26 bits per heavy atom. The van der Waals surface area contributed by atoms with E-state index in [-0.39, 0.29) is 5.82 Å². The Kier molecular flexibility index (Phi) is 4.88. The lowest BCUT2D eigenvalue weighted by molar-refractivity contribution is 0.186. The van der Waals surface area contributed by atoms with Crippen molar-refractivity contribution in [3.8, 4) is 0 Å². The summed E-state index contributed by atoms with van der Waals surface area (Å²) in [6.07, 6.45) is 1.92. The number of hydrogen-bond acceptors (Lipinski definition) is 5. The maximum atomic E-state index is 14.4. The molecule has 1 aromatic carbocycles. The number of rotatable bonds is 6. The third-order valence-corrected chi connectivity index (χ3v) is 4.46. The first-order chi connectivity index (χ1) is 11.2. The van der Waals surface area contributed by atoms with E-state index in [1.807, 2.05) is 35.8 Å². The first-order valence-corrected chi connectivity index (χ1v) is 8.17. The summed E-state index contributed by atoms with van der Waals surface area (Å²) in [6, 6.07) is 7.83. The molecule has 3 aromatic rings. The van der Waals surface area contributed by atoms with E-state index in [4.69, 9.17) is 4.74 Å². The van der Waals surface area contributed by atoms with Crippen LogP contribution in [-0.2, 0) is 17.7 Å². The van der Waals surface area contributed by atoms with Crippen LogP contribution in [0.2, 0.25) is 0 Å². The van der Waals surface area contributed by atoms with Crippen molar-refractivity contribution in [1.29, 1.82) is 0 Å². The van der Waals surface area contributed by atoms with Crippen LogP contribution in [0.25, 0.3) is 11.0 Å². The maximum absolute atomic E-state index is 14.4. The Labute approximate surface area is 137 Å². The molecule has 0 aliphatic carbocycles. The third-order valence-electron chi connectivity index (χ3n) is 3.49. The van der Waals surface area contributed by atoms with Gasteiger partial charge in [-0.05, 0) is 30.3 Å². The third kappa shape index (κ3) is 3.20. The summed E-state index contributed by atoms with van der Waals surface area (Å²) < 4.78 is 21.6. The zero-order valence-electron chi connectivity index (χ0n) is 13.0. The van der Waals surface area contributed by atoms with Crippen molar-refractivity contribution in [2.24, 2.45) is 0 Å². The summed E-state index contributed by atoms with van der Waals surface area (Å²) in [5.74, 6) is -0.370. The van der Waals surface area contributed by atoms with Crippen molar-refractivity contribution in [3.63, 3.8) is 0 Å². The molecule has 0 amide bonds. The Morgan fingerprint density at radius 3 is 2.87 bits per heavy atom. The first-order valence-electron chi connectivity index (χ1n) is 7.36. The summed E-state index contributed by atoms with van der Waals surface area (Å²) >= 11 is 1.22. The average molecular weight is 332 g/mol. The van der Waals surface area contributed by atoms with Crippen LogP contribution in [0.3, 0.4) is 0 Å². The van der Waals surface area contributed by atoms with Gasteiger partial charge in [0.25, 0.3) is 0 Å². The van der Waals surface area contributed by atoms with Crippen LogP contribution < -0.4 is 0 Å². The lowest BCUT2D eigenvalue weighted by Gasteiger charge is -2.08. The van der Waals surface area contributed by atoms with E-state index in [0.717, 1.165) is 11.0 Å². The zero-order chi connectivity index (χ0) is 16.2. The van der Waals surface area contributed by atoms with Crippen molar-refractivity contribution < 1.29 is 9.13 Å². The maximum Gasteiger partial charge on any atom is 0.177 e. The average Bonchev–Trinajstić information content (AvgIpc) is 2.92. The highest BCUT2D eigenvalue weighted by Gasteiger charge is 2.16. The second-order valence-corrected chi connectivity index (χ2v) is 5.88. The summed E-state index contributed by atoms with van der Waals surface area (Å²) in [6.45, 7) is 3.07. The van der Waals surface area contributed by atoms with Gasteiger partial charge < -0.3 is 9.30 Å². The molecule has 0 saturated carbocycles. The van der Waals surface area contributed by atoms with Crippen LogP contribution in [0, 0.1) is 5.82 Å². The monoisotopic (exact) mass is 332 g/mol. The number of halogens is 1. The van der Waals surface area contributed by atoms with Gasteiger partial charge in [-0.1, -0.05) is 19.1 Å². The van der Waals surface area contributed by atoms with E-state index < -0.39 is 0 Å². The second kappa shape index (κ2) is 7.06. The molecule has 0 spiro atoms. The molecule has 2 aromatic heterocycles. The van der Waals surface area contributed by atoms with E-state index in [9.17, 15) is 4.39 Å². The Bertz CT molecular complexity index is 821. The molecule has 23 heavy (non-hydrogen) atoms. The molecule has 120 valence electrons. The van der Waals surface area contributed by atoms with E-state index in [0.29, 0.717) is 35.4 Å². The highest BCUT2D eigenvalue weighted by Crippen LogP contribution is 2.31. The normalized spacial score (nSPS) is 11.3. The number of hydrogen-bond donors (Lipinski definition) is 0. The van der Waals surface area contributed by atoms with Crippen molar-refractivity contribution in [2.45, 2.75) is 30.1 Å². The SMILES string of the molecule is CCc1ncnc(Sc2nc3ccccc3n2CCOC)c1F. The Balaban J connectivity index is 2.02. The minimum absolute atomic E-state index is 0.297. The van der Waals surface area contributed by atoms with E-state index in [2.05, 4.69) is 15.0 Å². The van der Waals surface area contributed by atoms with Crippen LogP contribution in [0.5, 0.6) is 0 Å². The van der Waals surface area contributed by atoms with Gasteiger partial charge in [0.15, 0.2) is 11.0 Å². The molecule has 0 fully saturated rings. The molecule has 0 aliphatic heterocycles. The van der Waals surface area contributed by atoms with Gasteiger partial charge in [-0.2, -0.15) is 0 Å².